The third kappa shape index (κ3) is 3.89. The number of benzene rings is 2. The van der Waals surface area contributed by atoms with Gasteiger partial charge in [-0.05, 0) is 38.1 Å². The predicted octanol–water partition coefficient (Wildman–Crippen LogP) is 3.76. The summed E-state index contributed by atoms with van der Waals surface area (Å²) in [5, 5.41) is 8.01. The Morgan fingerprint density at radius 2 is 1.93 bits per heavy atom. The number of para-hydroxylation sites is 1. The first-order valence-electron chi connectivity index (χ1n) is 9.60. The molecule has 154 valence electrons. The van der Waals surface area contributed by atoms with E-state index in [-0.39, 0.29) is 18.9 Å². The van der Waals surface area contributed by atoms with Crippen molar-refractivity contribution in [2.45, 2.75) is 33.4 Å². The molecule has 0 bridgehead atoms. The fraction of sp³-hybridized carbons (Fsp3) is 0.227. The fourth-order valence-electron chi connectivity index (χ4n) is 3.49. The second-order valence-electron chi connectivity index (χ2n) is 7.06. The summed E-state index contributed by atoms with van der Waals surface area (Å²) in [5.74, 6) is -0.660. The maximum Gasteiger partial charge on any atom is 0.419 e. The van der Waals surface area contributed by atoms with Gasteiger partial charge in [0.2, 0.25) is 5.91 Å². The van der Waals surface area contributed by atoms with Gasteiger partial charge in [-0.2, -0.15) is 5.10 Å². The molecule has 0 saturated heterocycles. The Morgan fingerprint density at radius 1 is 1.17 bits per heavy atom. The zero-order valence-corrected chi connectivity index (χ0v) is 17.4. The standard InChI is InChI=1S/C22H21ClN4O3/c1-14-18(15(2)27(25-14)17-6-4-3-5-7-17)13-24-21(28)10-11-26-19-9-8-16(23)12-20(19)30-22(26)29/h3-9,12H,10-11,13H2,1-2H3,(H,24,28). The molecule has 1 N–H and O–H groups in total. The molecule has 0 saturated carbocycles. The lowest BCUT2D eigenvalue weighted by atomic mass is 10.2. The van der Waals surface area contributed by atoms with Crippen LogP contribution in [-0.2, 0) is 17.9 Å². The Bertz CT molecular complexity index is 1270. The second kappa shape index (κ2) is 8.20. The van der Waals surface area contributed by atoms with Crippen LogP contribution in [-0.4, -0.2) is 20.3 Å². The Hall–Kier alpha value is -3.32. The van der Waals surface area contributed by atoms with Gasteiger partial charge in [0.25, 0.3) is 0 Å². The summed E-state index contributed by atoms with van der Waals surface area (Å²) >= 11 is 5.93. The van der Waals surface area contributed by atoms with Crippen molar-refractivity contribution in [1.82, 2.24) is 19.7 Å². The summed E-state index contributed by atoms with van der Waals surface area (Å²) < 4.78 is 8.51. The van der Waals surface area contributed by atoms with Crippen molar-refractivity contribution in [3.8, 4) is 5.69 Å². The number of aryl methyl sites for hydroxylation is 2. The van der Waals surface area contributed by atoms with Crippen LogP contribution in [0.2, 0.25) is 5.02 Å². The SMILES string of the molecule is Cc1nn(-c2ccccc2)c(C)c1CNC(=O)CCn1c(=O)oc2cc(Cl)ccc21. The molecular formula is C22H21ClN4O3. The summed E-state index contributed by atoms with van der Waals surface area (Å²) in [6.45, 7) is 4.51. The number of amides is 1. The van der Waals surface area contributed by atoms with Crippen LogP contribution in [0.3, 0.4) is 0 Å². The third-order valence-electron chi connectivity index (χ3n) is 5.10. The molecule has 7 nitrogen and oxygen atoms in total. The Labute approximate surface area is 177 Å². The quantitative estimate of drug-likeness (QED) is 0.511. The smallest absolute Gasteiger partial charge is 0.408 e. The summed E-state index contributed by atoms with van der Waals surface area (Å²) in [5.41, 5.74) is 4.83. The number of halogens is 1. The van der Waals surface area contributed by atoms with Gasteiger partial charge in [0.15, 0.2) is 5.58 Å². The maximum absolute atomic E-state index is 12.4. The molecule has 4 rings (SSSR count). The summed E-state index contributed by atoms with van der Waals surface area (Å²) in [4.78, 5) is 24.5. The molecule has 0 fully saturated rings. The van der Waals surface area contributed by atoms with Gasteiger partial charge in [0, 0.05) is 41.9 Å². The van der Waals surface area contributed by atoms with Crippen LogP contribution in [0, 0.1) is 13.8 Å². The van der Waals surface area contributed by atoms with Gasteiger partial charge in [-0.15, -0.1) is 0 Å². The van der Waals surface area contributed by atoms with Crippen LogP contribution < -0.4 is 11.1 Å². The van der Waals surface area contributed by atoms with Crippen molar-refractivity contribution >= 4 is 28.6 Å². The molecule has 0 aliphatic carbocycles. The van der Waals surface area contributed by atoms with Crippen LogP contribution in [0.5, 0.6) is 0 Å². The number of nitrogens with zero attached hydrogens (tertiary/aromatic N) is 3. The molecule has 0 spiro atoms. The second-order valence-corrected chi connectivity index (χ2v) is 7.49. The van der Waals surface area contributed by atoms with Crippen LogP contribution >= 0.6 is 11.6 Å². The van der Waals surface area contributed by atoms with E-state index < -0.39 is 5.76 Å². The van der Waals surface area contributed by atoms with Crippen LogP contribution in [0.1, 0.15) is 23.4 Å². The first kappa shape index (κ1) is 20.0. The van der Waals surface area contributed by atoms with Crippen molar-refractivity contribution < 1.29 is 9.21 Å². The number of aromatic nitrogens is 3. The van der Waals surface area contributed by atoms with Crippen molar-refractivity contribution in [3.63, 3.8) is 0 Å². The van der Waals surface area contributed by atoms with E-state index in [1.54, 1.807) is 18.2 Å². The first-order chi connectivity index (χ1) is 14.4. The molecule has 0 atom stereocenters. The van der Waals surface area contributed by atoms with Crippen LogP contribution in [0.4, 0.5) is 0 Å². The molecule has 0 radical (unpaired) electrons. The molecular weight excluding hydrogens is 404 g/mol. The van der Waals surface area contributed by atoms with E-state index in [2.05, 4.69) is 10.4 Å². The number of carbonyl (C=O) groups excluding carboxylic acids is 1. The number of fused-ring (bicyclic) bond motifs is 1. The lowest BCUT2D eigenvalue weighted by molar-refractivity contribution is -0.121. The van der Waals surface area contributed by atoms with Gasteiger partial charge in [-0.1, -0.05) is 29.8 Å². The van der Waals surface area contributed by atoms with Crippen LogP contribution in [0.15, 0.2) is 57.7 Å². The molecule has 4 aromatic rings. The first-order valence-corrected chi connectivity index (χ1v) is 9.98. The number of hydrogen-bond acceptors (Lipinski definition) is 4. The molecule has 2 heterocycles. The topological polar surface area (TPSA) is 82.1 Å². The largest absolute Gasteiger partial charge is 0.419 e. The molecule has 8 heteroatoms. The van der Waals surface area contributed by atoms with E-state index in [9.17, 15) is 9.59 Å². The van der Waals surface area contributed by atoms with Gasteiger partial charge < -0.3 is 9.73 Å². The maximum atomic E-state index is 12.4. The van der Waals surface area contributed by atoms with E-state index in [0.29, 0.717) is 22.7 Å². The highest BCUT2D eigenvalue weighted by Gasteiger charge is 2.15. The van der Waals surface area contributed by atoms with Crippen molar-refractivity contribution in [1.29, 1.82) is 0 Å². The minimum Gasteiger partial charge on any atom is -0.408 e. The van der Waals surface area contributed by atoms with Gasteiger partial charge in [-0.25, -0.2) is 9.48 Å². The van der Waals surface area contributed by atoms with Crippen molar-refractivity contribution in [2.75, 3.05) is 0 Å². The Balaban J connectivity index is 1.42. The summed E-state index contributed by atoms with van der Waals surface area (Å²) in [6.07, 6.45) is 0.155. The number of nitrogens with one attached hydrogen (secondary N) is 1. The lowest BCUT2D eigenvalue weighted by Gasteiger charge is -2.07. The molecule has 1 amide bonds. The van der Waals surface area contributed by atoms with Gasteiger partial charge >= 0.3 is 5.76 Å². The van der Waals surface area contributed by atoms with E-state index in [1.165, 1.54) is 4.57 Å². The number of carbonyl (C=O) groups is 1. The zero-order chi connectivity index (χ0) is 21.3. The summed E-state index contributed by atoms with van der Waals surface area (Å²) in [7, 11) is 0. The average molecular weight is 425 g/mol. The van der Waals surface area contributed by atoms with Crippen molar-refractivity contribution in [2.24, 2.45) is 0 Å². The van der Waals surface area contributed by atoms with E-state index in [4.69, 9.17) is 16.0 Å². The van der Waals surface area contributed by atoms with Gasteiger partial charge in [-0.3, -0.25) is 9.36 Å². The molecule has 0 unspecified atom stereocenters. The molecule has 2 aromatic heterocycles. The monoisotopic (exact) mass is 424 g/mol. The molecule has 2 aromatic carbocycles. The zero-order valence-electron chi connectivity index (χ0n) is 16.7. The predicted molar refractivity (Wildman–Crippen MR) is 115 cm³/mol. The Morgan fingerprint density at radius 3 is 2.70 bits per heavy atom. The summed E-state index contributed by atoms with van der Waals surface area (Å²) in [6, 6.07) is 14.8. The van der Waals surface area contributed by atoms with E-state index >= 15 is 0 Å². The van der Waals surface area contributed by atoms with Gasteiger partial charge in [0.05, 0.1) is 16.9 Å². The number of hydrogen-bond donors (Lipinski definition) is 1. The minimum atomic E-state index is -0.504. The van der Waals surface area contributed by atoms with Crippen molar-refractivity contribution in [3.05, 3.63) is 81.1 Å². The highest BCUT2D eigenvalue weighted by Crippen LogP contribution is 2.19. The normalized spacial score (nSPS) is 11.2. The highest BCUT2D eigenvalue weighted by molar-refractivity contribution is 6.31. The fourth-order valence-corrected chi connectivity index (χ4v) is 3.65. The van der Waals surface area contributed by atoms with Crippen LogP contribution in [0.25, 0.3) is 16.8 Å². The lowest BCUT2D eigenvalue weighted by Crippen LogP contribution is -2.26. The molecule has 0 aliphatic rings. The molecule has 30 heavy (non-hydrogen) atoms. The molecule has 0 aliphatic heterocycles. The Kier molecular flexibility index (Phi) is 5.46. The van der Waals surface area contributed by atoms with Gasteiger partial charge in [0.1, 0.15) is 0 Å². The van der Waals surface area contributed by atoms with E-state index in [1.807, 2.05) is 48.9 Å². The highest BCUT2D eigenvalue weighted by atomic mass is 35.5. The number of rotatable bonds is 6. The third-order valence-corrected chi connectivity index (χ3v) is 5.33. The van der Waals surface area contributed by atoms with E-state index in [0.717, 1.165) is 22.6 Å². The number of oxazole rings is 1. The average Bonchev–Trinajstić information content (AvgIpc) is 3.19. The minimum absolute atomic E-state index is 0.155.